The third-order valence-corrected chi connectivity index (χ3v) is 7.26. The Kier molecular flexibility index (Phi) is 4.06. The summed E-state index contributed by atoms with van der Waals surface area (Å²) in [6.07, 6.45) is 1.56. The van der Waals surface area contributed by atoms with Crippen LogP contribution in [0.25, 0.3) is 49.0 Å². The molecule has 6 heteroatoms. The van der Waals surface area contributed by atoms with E-state index in [9.17, 15) is 9.59 Å². The van der Waals surface area contributed by atoms with Crippen molar-refractivity contribution in [3.63, 3.8) is 0 Å². The molecule has 1 aliphatic rings. The molecule has 2 aromatic heterocycles. The topological polar surface area (TPSA) is 63.9 Å². The molecule has 4 aromatic carbocycles. The minimum Gasteiger partial charge on any atom is -0.464 e. The van der Waals surface area contributed by atoms with Gasteiger partial charge in [0.25, 0.3) is 12.0 Å². The van der Waals surface area contributed by atoms with Gasteiger partial charge in [0.1, 0.15) is 11.8 Å². The van der Waals surface area contributed by atoms with Crippen LogP contribution in [0.4, 0.5) is 5.69 Å². The Hall–Kier alpha value is -4.19. The Labute approximate surface area is 194 Å². The lowest BCUT2D eigenvalue weighted by Crippen LogP contribution is -2.37. The number of piperidine rings is 1. The molecule has 0 aliphatic carbocycles. The van der Waals surface area contributed by atoms with Gasteiger partial charge in [0.15, 0.2) is 0 Å². The van der Waals surface area contributed by atoms with Crippen LogP contribution in [-0.4, -0.2) is 35.1 Å². The summed E-state index contributed by atoms with van der Waals surface area (Å²) in [4.78, 5) is 31.9. The number of carbonyl (C=O) groups excluding carboxylic acids is 1. The molecule has 0 atom stereocenters. The van der Waals surface area contributed by atoms with Gasteiger partial charge in [-0.15, -0.1) is 0 Å². The number of benzene rings is 4. The second kappa shape index (κ2) is 7.15. The van der Waals surface area contributed by atoms with Gasteiger partial charge in [-0.05, 0) is 35.7 Å². The van der Waals surface area contributed by atoms with Gasteiger partial charge in [0.2, 0.25) is 0 Å². The van der Waals surface area contributed by atoms with Crippen LogP contribution < -0.4 is 10.5 Å². The Bertz CT molecular complexity index is 1790. The molecule has 1 saturated heterocycles. The summed E-state index contributed by atoms with van der Waals surface area (Å²) in [7, 11) is 0. The average molecular weight is 447 g/mol. The molecule has 0 bridgehead atoms. The van der Waals surface area contributed by atoms with Gasteiger partial charge in [0.05, 0.1) is 11.0 Å². The fraction of sp³-hybridized carbons (Fsp3) is 0.179. The summed E-state index contributed by atoms with van der Waals surface area (Å²) < 4.78 is 6.94. The van der Waals surface area contributed by atoms with Gasteiger partial charge in [-0.25, -0.2) is 4.98 Å². The maximum atomic E-state index is 13.9. The first-order valence-corrected chi connectivity index (χ1v) is 11.6. The van der Waals surface area contributed by atoms with Gasteiger partial charge in [0, 0.05) is 58.5 Å². The molecule has 0 spiro atoms. The molecule has 0 radical (unpaired) electrons. The number of anilines is 1. The van der Waals surface area contributed by atoms with Crippen molar-refractivity contribution in [2.24, 2.45) is 0 Å². The first-order chi connectivity index (χ1) is 16.7. The van der Waals surface area contributed by atoms with Crippen LogP contribution in [0.5, 0.6) is 0 Å². The van der Waals surface area contributed by atoms with E-state index in [0.717, 1.165) is 69.6 Å². The Morgan fingerprint density at radius 2 is 1.62 bits per heavy atom. The van der Waals surface area contributed by atoms with Gasteiger partial charge in [-0.2, -0.15) is 0 Å². The summed E-state index contributed by atoms with van der Waals surface area (Å²) in [5.41, 5.74) is 3.51. The monoisotopic (exact) mass is 447 g/mol. The molecular formula is C28H21N3O3. The van der Waals surface area contributed by atoms with E-state index < -0.39 is 0 Å². The third kappa shape index (κ3) is 2.59. The SMILES string of the molecule is O=COC1CCN(c2ccc3c4c2cccc4c(=O)n2c4cccc5cccc(nc32)c54)CC1. The Morgan fingerprint density at radius 1 is 0.853 bits per heavy atom. The van der Waals surface area contributed by atoms with E-state index in [1.807, 2.05) is 36.4 Å². The second-order valence-corrected chi connectivity index (χ2v) is 9.01. The number of nitrogens with zero attached hydrogens (tertiary/aromatic N) is 3. The summed E-state index contributed by atoms with van der Waals surface area (Å²) in [6.45, 7) is 2.14. The van der Waals surface area contributed by atoms with E-state index >= 15 is 0 Å². The lowest BCUT2D eigenvalue weighted by atomic mass is 9.98. The van der Waals surface area contributed by atoms with Crippen molar-refractivity contribution in [1.82, 2.24) is 9.38 Å². The van der Waals surface area contributed by atoms with E-state index in [-0.39, 0.29) is 11.7 Å². The van der Waals surface area contributed by atoms with E-state index in [4.69, 9.17) is 9.72 Å². The van der Waals surface area contributed by atoms with Gasteiger partial charge < -0.3 is 9.64 Å². The first-order valence-electron chi connectivity index (χ1n) is 11.6. The molecule has 3 heterocycles. The van der Waals surface area contributed by atoms with E-state index in [0.29, 0.717) is 17.5 Å². The lowest BCUT2D eigenvalue weighted by Gasteiger charge is -2.33. The molecule has 7 rings (SSSR count). The molecule has 1 aliphatic heterocycles. The molecule has 0 unspecified atom stereocenters. The van der Waals surface area contributed by atoms with Crippen molar-refractivity contribution < 1.29 is 9.53 Å². The number of aromatic nitrogens is 2. The van der Waals surface area contributed by atoms with Crippen molar-refractivity contribution in [3.8, 4) is 0 Å². The van der Waals surface area contributed by atoms with E-state index in [1.165, 1.54) is 0 Å². The number of hydrogen-bond acceptors (Lipinski definition) is 5. The van der Waals surface area contributed by atoms with Crippen LogP contribution in [0.2, 0.25) is 0 Å². The lowest BCUT2D eigenvalue weighted by molar-refractivity contribution is -0.134. The molecule has 6 nitrogen and oxygen atoms in total. The standard InChI is InChI=1S/C28H21N3O3/c32-16-34-18-12-14-30(15-13-18)23-11-10-20-26-19(23)6-3-7-21(26)28(33)31-24-9-2-5-17-4-1-8-22(25(17)24)29-27(20)31/h1-11,16,18H,12-15H2. The number of carbonyl (C=O) groups is 1. The highest BCUT2D eigenvalue weighted by Gasteiger charge is 2.23. The average Bonchev–Trinajstić information content (AvgIpc) is 2.88. The largest absolute Gasteiger partial charge is 0.464 e. The van der Waals surface area contributed by atoms with Crippen LogP contribution in [0.3, 0.4) is 0 Å². The number of hydrogen-bond donors (Lipinski definition) is 0. The zero-order chi connectivity index (χ0) is 22.8. The van der Waals surface area contributed by atoms with E-state index in [1.54, 1.807) is 4.40 Å². The summed E-state index contributed by atoms with van der Waals surface area (Å²) in [6, 6.07) is 22.3. The van der Waals surface area contributed by atoms with Crippen LogP contribution in [0.15, 0.2) is 71.5 Å². The van der Waals surface area contributed by atoms with Crippen LogP contribution in [0.1, 0.15) is 12.8 Å². The van der Waals surface area contributed by atoms with Crippen LogP contribution in [0, 0.1) is 0 Å². The molecule has 0 amide bonds. The maximum Gasteiger partial charge on any atom is 0.293 e. The summed E-state index contributed by atoms with van der Waals surface area (Å²) in [5.74, 6) is 0. The molecule has 0 N–H and O–H groups in total. The fourth-order valence-corrected chi connectivity index (χ4v) is 5.71. The zero-order valence-electron chi connectivity index (χ0n) is 18.4. The number of ether oxygens (including phenoxy) is 1. The van der Waals surface area contributed by atoms with Crippen molar-refractivity contribution >= 4 is 61.2 Å². The predicted octanol–water partition coefficient (Wildman–Crippen LogP) is 4.89. The van der Waals surface area contributed by atoms with Crippen molar-refractivity contribution in [1.29, 1.82) is 0 Å². The van der Waals surface area contributed by atoms with Crippen molar-refractivity contribution in [2.75, 3.05) is 18.0 Å². The number of fused-ring (bicyclic) bond motifs is 3. The summed E-state index contributed by atoms with van der Waals surface area (Å²) in [5, 5.41) is 5.76. The molecule has 6 aromatic rings. The third-order valence-electron chi connectivity index (χ3n) is 7.26. The molecule has 34 heavy (non-hydrogen) atoms. The smallest absolute Gasteiger partial charge is 0.293 e. The Morgan fingerprint density at radius 3 is 2.44 bits per heavy atom. The highest BCUT2D eigenvalue weighted by Crippen LogP contribution is 2.37. The van der Waals surface area contributed by atoms with Gasteiger partial charge in [-0.1, -0.05) is 36.4 Å². The number of pyridine rings is 1. The van der Waals surface area contributed by atoms with Crippen molar-refractivity contribution in [3.05, 3.63) is 77.1 Å². The zero-order valence-corrected chi connectivity index (χ0v) is 18.4. The molecule has 1 fully saturated rings. The highest BCUT2D eigenvalue weighted by molar-refractivity contribution is 6.19. The summed E-state index contributed by atoms with van der Waals surface area (Å²) >= 11 is 0. The Balaban J connectivity index is 1.53. The highest BCUT2D eigenvalue weighted by atomic mass is 16.5. The fourth-order valence-electron chi connectivity index (χ4n) is 5.71. The van der Waals surface area contributed by atoms with E-state index in [2.05, 4.69) is 35.2 Å². The molecular weight excluding hydrogens is 426 g/mol. The minimum absolute atomic E-state index is 0.0248. The molecule has 0 saturated carbocycles. The maximum absolute atomic E-state index is 13.9. The second-order valence-electron chi connectivity index (χ2n) is 9.01. The minimum atomic E-state index is -0.0471. The normalized spacial score (nSPS) is 15.2. The van der Waals surface area contributed by atoms with Crippen molar-refractivity contribution in [2.45, 2.75) is 18.9 Å². The van der Waals surface area contributed by atoms with Gasteiger partial charge >= 0.3 is 0 Å². The number of rotatable bonds is 3. The first kappa shape index (κ1) is 19.3. The van der Waals surface area contributed by atoms with Crippen LogP contribution >= 0.6 is 0 Å². The predicted molar refractivity (Wildman–Crippen MR) is 135 cm³/mol. The van der Waals surface area contributed by atoms with Gasteiger partial charge in [-0.3, -0.25) is 14.0 Å². The van der Waals surface area contributed by atoms with Crippen LogP contribution in [-0.2, 0) is 9.53 Å². The quantitative estimate of drug-likeness (QED) is 0.220. The molecule has 166 valence electrons.